The van der Waals surface area contributed by atoms with Crippen LogP contribution in [0.3, 0.4) is 0 Å². The Hall–Kier alpha value is -2.82. The summed E-state index contributed by atoms with van der Waals surface area (Å²) in [5, 5.41) is 0. The van der Waals surface area contributed by atoms with Crippen molar-refractivity contribution in [1.29, 1.82) is 0 Å². The van der Waals surface area contributed by atoms with Crippen LogP contribution in [-0.2, 0) is 22.6 Å². The van der Waals surface area contributed by atoms with E-state index in [-0.39, 0.29) is 24.6 Å². The molecule has 0 aliphatic carbocycles. The minimum absolute atomic E-state index is 0.0855. The average Bonchev–Trinajstić information content (AvgIpc) is 3.29. The third-order valence-electron chi connectivity index (χ3n) is 6.27. The van der Waals surface area contributed by atoms with E-state index in [4.69, 9.17) is 4.74 Å². The molecule has 2 saturated heterocycles. The second kappa shape index (κ2) is 9.79. The number of nitrogens with zero attached hydrogens (tertiary/aromatic N) is 2. The van der Waals surface area contributed by atoms with Crippen molar-refractivity contribution in [2.45, 2.75) is 44.8 Å². The van der Waals surface area contributed by atoms with Gasteiger partial charge in [0.05, 0.1) is 0 Å². The van der Waals surface area contributed by atoms with Gasteiger partial charge in [-0.3, -0.25) is 9.69 Å². The lowest BCUT2D eigenvalue weighted by Crippen LogP contribution is -2.50. The van der Waals surface area contributed by atoms with Crippen LogP contribution in [0.15, 0.2) is 60.7 Å². The number of carbonyl (C=O) groups is 2. The maximum absolute atomic E-state index is 13.1. The van der Waals surface area contributed by atoms with Crippen molar-refractivity contribution in [3.63, 3.8) is 0 Å². The van der Waals surface area contributed by atoms with Crippen LogP contribution in [0, 0.1) is 5.92 Å². The Kier molecular flexibility index (Phi) is 6.67. The van der Waals surface area contributed by atoms with Crippen molar-refractivity contribution < 1.29 is 14.3 Å². The highest BCUT2D eigenvalue weighted by molar-refractivity contribution is 5.86. The molecule has 0 saturated carbocycles. The van der Waals surface area contributed by atoms with E-state index in [0.29, 0.717) is 12.5 Å². The van der Waals surface area contributed by atoms with Gasteiger partial charge in [0.1, 0.15) is 12.6 Å². The first-order valence-electron chi connectivity index (χ1n) is 11.0. The zero-order chi connectivity index (χ0) is 20.8. The number of ether oxygens (including phenoxy) is 1. The van der Waals surface area contributed by atoms with Gasteiger partial charge < -0.3 is 9.64 Å². The lowest BCUT2D eigenvalue weighted by Gasteiger charge is -2.35. The molecule has 1 atom stereocenters. The topological polar surface area (TPSA) is 49.9 Å². The highest BCUT2D eigenvalue weighted by Gasteiger charge is 2.38. The first-order valence-corrected chi connectivity index (χ1v) is 11.0. The average molecular weight is 407 g/mol. The van der Waals surface area contributed by atoms with Crippen LogP contribution >= 0.6 is 0 Å². The second-order valence-electron chi connectivity index (χ2n) is 8.35. The number of hydrogen-bond acceptors (Lipinski definition) is 3. The fraction of sp³-hybridized carbons (Fsp3) is 0.440. The number of likely N-dealkylation sites (tertiary alicyclic amines) is 2. The van der Waals surface area contributed by atoms with Gasteiger partial charge in [0.15, 0.2) is 0 Å². The highest BCUT2D eigenvalue weighted by Crippen LogP contribution is 2.26. The van der Waals surface area contributed by atoms with E-state index in [9.17, 15) is 9.59 Å². The summed E-state index contributed by atoms with van der Waals surface area (Å²) < 4.78 is 5.48. The molecule has 2 fully saturated rings. The van der Waals surface area contributed by atoms with E-state index in [1.54, 1.807) is 4.90 Å². The summed E-state index contributed by atoms with van der Waals surface area (Å²) in [4.78, 5) is 29.3. The first-order chi connectivity index (χ1) is 14.7. The van der Waals surface area contributed by atoms with Gasteiger partial charge in [-0.1, -0.05) is 60.7 Å². The molecule has 0 N–H and O–H groups in total. The standard InChI is InChI=1S/C25H30N2O3/c28-24(26-16-13-21(14-17-26)18-20-8-3-1-4-9-20)23-12-7-15-27(23)25(29)30-19-22-10-5-2-6-11-22/h1-6,8-11,21,23H,7,12-19H2. The summed E-state index contributed by atoms with van der Waals surface area (Å²) >= 11 is 0. The Bertz CT molecular complexity index is 832. The van der Waals surface area contributed by atoms with E-state index in [2.05, 4.69) is 24.3 Å². The SMILES string of the molecule is O=C(C1CCCN1C(=O)OCc1ccccc1)N1CCC(Cc2ccccc2)CC1. The molecule has 2 aromatic carbocycles. The molecule has 2 heterocycles. The molecule has 158 valence electrons. The number of hydrogen-bond donors (Lipinski definition) is 0. The van der Waals surface area contributed by atoms with E-state index in [1.807, 2.05) is 41.3 Å². The van der Waals surface area contributed by atoms with Gasteiger partial charge in [-0.25, -0.2) is 4.79 Å². The largest absolute Gasteiger partial charge is 0.445 e. The van der Waals surface area contributed by atoms with Crippen molar-refractivity contribution in [2.24, 2.45) is 5.92 Å². The van der Waals surface area contributed by atoms with Gasteiger partial charge in [0.25, 0.3) is 0 Å². The Morgan fingerprint density at radius 2 is 1.47 bits per heavy atom. The second-order valence-corrected chi connectivity index (χ2v) is 8.35. The molecule has 2 aromatic rings. The number of carbonyl (C=O) groups excluding carboxylic acids is 2. The predicted molar refractivity (Wildman–Crippen MR) is 116 cm³/mol. The summed E-state index contributed by atoms with van der Waals surface area (Å²) in [5.41, 5.74) is 2.32. The number of piperidine rings is 1. The molecule has 30 heavy (non-hydrogen) atoms. The van der Waals surface area contributed by atoms with Crippen LogP contribution in [0.4, 0.5) is 4.79 Å². The van der Waals surface area contributed by atoms with E-state index in [1.165, 1.54) is 5.56 Å². The molecular formula is C25H30N2O3. The molecule has 0 radical (unpaired) electrons. The van der Waals surface area contributed by atoms with Gasteiger partial charge in [0, 0.05) is 19.6 Å². The maximum atomic E-state index is 13.1. The number of rotatable bonds is 5. The smallest absolute Gasteiger partial charge is 0.410 e. The minimum atomic E-state index is -0.381. The van der Waals surface area contributed by atoms with Crippen LogP contribution in [0.2, 0.25) is 0 Å². The van der Waals surface area contributed by atoms with E-state index >= 15 is 0 Å². The van der Waals surface area contributed by atoms with Gasteiger partial charge in [-0.15, -0.1) is 0 Å². The summed E-state index contributed by atoms with van der Waals surface area (Å²) in [6.45, 7) is 2.38. The Balaban J connectivity index is 1.28. The third-order valence-corrected chi connectivity index (χ3v) is 6.27. The highest BCUT2D eigenvalue weighted by atomic mass is 16.6. The van der Waals surface area contributed by atoms with Crippen molar-refractivity contribution in [1.82, 2.24) is 9.80 Å². The van der Waals surface area contributed by atoms with Crippen molar-refractivity contribution in [3.8, 4) is 0 Å². The van der Waals surface area contributed by atoms with Crippen LogP contribution in [0.5, 0.6) is 0 Å². The minimum Gasteiger partial charge on any atom is -0.445 e. The first kappa shape index (κ1) is 20.5. The van der Waals surface area contributed by atoms with Crippen LogP contribution in [-0.4, -0.2) is 47.5 Å². The van der Waals surface area contributed by atoms with Gasteiger partial charge in [0.2, 0.25) is 5.91 Å². The van der Waals surface area contributed by atoms with Gasteiger partial charge in [-0.2, -0.15) is 0 Å². The van der Waals surface area contributed by atoms with Crippen LogP contribution in [0.25, 0.3) is 0 Å². The Labute approximate surface area is 178 Å². The molecule has 0 spiro atoms. The Morgan fingerprint density at radius 1 is 0.833 bits per heavy atom. The Morgan fingerprint density at radius 3 is 2.13 bits per heavy atom. The summed E-state index contributed by atoms with van der Waals surface area (Å²) in [6.07, 6.45) is 4.31. The summed E-state index contributed by atoms with van der Waals surface area (Å²) in [5.74, 6) is 0.703. The van der Waals surface area contributed by atoms with Crippen LogP contribution in [0.1, 0.15) is 36.8 Å². The van der Waals surface area contributed by atoms with Gasteiger partial charge in [-0.05, 0) is 49.1 Å². The molecule has 5 nitrogen and oxygen atoms in total. The van der Waals surface area contributed by atoms with Crippen molar-refractivity contribution >= 4 is 12.0 Å². The molecule has 2 amide bonds. The zero-order valence-corrected chi connectivity index (χ0v) is 17.4. The molecule has 0 aromatic heterocycles. The van der Waals surface area contributed by atoms with Gasteiger partial charge >= 0.3 is 6.09 Å². The predicted octanol–water partition coefficient (Wildman–Crippen LogP) is 4.27. The monoisotopic (exact) mass is 406 g/mol. The van der Waals surface area contributed by atoms with Crippen molar-refractivity contribution in [3.05, 3.63) is 71.8 Å². The number of benzene rings is 2. The fourth-order valence-corrected chi connectivity index (χ4v) is 4.56. The lowest BCUT2D eigenvalue weighted by molar-refractivity contribution is -0.137. The molecule has 2 aliphatic rings. The molecule has 2 aliphatic heterocycles. The van der Waals surface area contributed by atoms with Crippen LogP contribution < -0.4 is 0 Å². The van der Waals surface area contributed by atoms with Crippen molar-refractivity contribution in [2.75, 3.05) is 19.6 Å². The summed E-state index contributed by atoms with van der Waals surface area (Å²) in [7, 11) is 0. The summed E-state index contributed by atoms with van der Waals surface area (Å²) in [6, 6.07) is 19.8. The maximum Gasteiger partial charge on any atom is 0.410 e. The molecule has 4 rings (SSSR count). The third kappa shape index (κ3) is 5.02. The van der Waals surface area contributed by atoms with E-state index in [0.717, 1.165) is 50.8 Å². The lowest BCUT2D eigenvalue weighted by atomic mass is 9.90. The quantitative estimate of drug-likeness (QED) is 0.745. The molecular weight excluding hydrogens is 376 g/mol. The number of amides is 2. The van der Waals surface area contributed by atoms with E-state index < -0.39 is 0 Å². The normalized spacial score (nSPS) is 19.7. The zero-order valence-electron chi connectivity index (χ0n) is 17.4. The molecule has 0 bridgehead atoms. The molecule has 5 heteroatoms. The molecule has 1 unspecified atom stereocenters. The fourth-order valence-electron chi connectivity index (χ4n) is 4.56.